The van der Waals surface area contributed by atoms with Crippen molar-refractivity contribution in [2.24, 2.45) is 0 Å². The van der Waals surface area contributed by atoms with Gasteiger partial charge in [-0.3, -0.25) is 9.59 Å². The van der Waals surface area contributed by atoms with E-state index in [9.17, 15) is 9.59 Å². The second kappa shape index (κ2) is 6.24. The topological polar surface area (TPSA) is 84.1 Å². The number of rotatable bonds is 4. The second-order valence-corrected chi connectivity index (χ2v) is 5.75. The SMILES string of the molecule is Cc1nc(C)c(CC(=O)NCC2Cc3ccccc3O2)c(=O)[nH]1. The summed E-state index contributed by atoms with van der Waals surface area (Å²) in [5, 5.41) is 2.83. The van der Waals surface area contributed by atoms with Gasteiger partial charge < -0.3 is 15.0 Å². The van der Waals surface area contributed by atoms with E-state index in [4.69, 9.17) is 4.74 Å². The molecule has 0 aliphatic carbocycles. The van der Waals surface area contributed by atoms with Gasteiger partial charge in [-0.05, 0) is 25.5 Å². The molecule has 1 aliphatic heterocycles. The molecule has 2 N–H and O–H groups in total. The third-order valence-corrected chi connectivity index (χ3v) is 3.92. The highest BCUT2D eigenvalue weighted by Gasteiger charge is 2.23. The Morgan fingerprint density at radius 1 is 1.39 bits per heavy atom. The zero-order chi connectivity index (χ0) is 16.4. The van der Waals surface area contributed by atoms with Gasteiger partial charge in [0.25, 0.3) is 5.56 Å². The summed E-state index contributed by atoms with van der Waals surface area (Å²) in [5.74, 6) is 1.22. The van der Waals surface area contributed by atoms with E-state index in [1.165, 1.54) is 0 Å². The predicted octanol–water partition coefficient (Wildman–Crippen LogP) is 1.05. The average Bonchev–Trinajstić information content (AvgIpc) is 2.91. The van der Waals surface area contributed by atoms with E-state index in [2.05, 4.69) is 15.3 Å². The summed E-state index contributed by atoms with van der Waals surface area (Å²) in [6, 6.07) is 7.86. The number of para-hydroxylation sites is 1. The maximum absolute atomic E-state index is 12.1. The van der Waals surface area contributed by atoms with E-state index >= 15 is 0 Å². The summed E-state index contributed by atoms with van der Waals surface area (Å²) in [7, 11) is 0. The van der Waals surface area contributed by atoms with E-state index in [-0.39, 0.29) is 24.0 Å². The van der Waals surface area contributed by atoms with Crippen molar-refractivity contribution in [3.05, 3.63) is 57.3 Å². The Balaban J connectivity index is 1.56. The van der Waals surface area contributed by atoms with Gasteiger partial charge in [0, 0.05) is 17.7 Å². The van der Waals surface area contributed by atoms with E-state index in [1.807, 2.05) is 24.3 Å². The quantitative estimate of drug-likeness (QED) is 0.883. The lowest BCUT2D eigenvalue weighted by Crippen LogP contribution is -2.36. The number of nitrogens with zero attached hydrogens (tertiary/aromatic N) is 1. The molecule has 0 spiro atoms. The number of aromatic nitrogens is 2. The maximum atomic E-state index is 12.1. The smallest absolute Gasteiger partial charge is 0.254 e. The van der Waals surface area contributed by atoms with Crippen molar-refractivity contribution in [3.63, 3.8) is 0 Å². The molecule has 0 bridgehead atoms. The lowest BCUT2D eigenvalue weighted by atomic mass is 10.1. The average molecular weight is 313 g/mol. The minimum Gasteiger partial charge on any atom is -0.488 e. The molecule has 2 aromatic rings. The third-order valence-electron chi connectivity index (χ3n) is 3.92. The maximum Gasteiger partial charge on any atom is 0.254 e. The lowest BCUT2D eigenvalue weighted by Gasteiger charge is -2.12. The zero-order valence-corrected chi connectivity index (χ0v) is 13.2. The largest absolute Gasteiger partial charge is 0.488 e. The Kier molecular flexibility index (Phi) is 4.14. The molecular weight excluding hydrogens is 294 g/mol. The molecule has 6 nitrogen and oxygen atoms in total. The summed E-state index contributed by atoms with van der Waals surface area (Å²) >= 11 is 0. The monoisotopic (exact) mass is 313 g/mol. The van der Waals surface area contributed by atoms with Crippen molar-refractivity contribution >= 4 is 5.91 Å². The molecule has 1 aromatic heterocycles. The van der Waals surface area contributed by atoms with Gasteiger partial charge in [-0.25, -0.2) is 4.98 Å². The van der Waals surface area contributed by atoms with Crippen LogP contribution in [0.1, 0.15) is 22.6 Å². The molecule has 1 atom stereocenters. The number of carbonyl (C=O) groups excluding carboxylic acids is 1. The number of hydrogen-bond acceptors (Lipinski definition) is 4. The third kappa shape index (κ3) is 3.41. The van der Waals surface area contributed by atoms with Crippen LogP contribution in [-0.4, -0.2) is 28.5 Å². The summed E-state index contributed by atoms with van der Waals surface area (Å²) in [6.45, 7) is 3.87. The van der Waals surface area contributed by atoms with Crippen LogP contribution in [0.15, 0.2) is 29.1 Å². The van der Waals surface area contributed by atoms with Crippen molar-refractivity contribution in [1.29, 1.82) is 0 Å². The van der Waals surface area contributed by atoms with Gasteiger partial charge >= 0.3 is 0 Å². The Labute approximate surface area is 133 Å². The van der Waals surface area contributed by atoms with Crippen LogP contribution in [0.3, 0.4) is 0 Å². The van der Waals surface area contributed by atoms with Gasteiger partial charge in [0.2, 0.25) is 5.91 Å². The van der Waals surface area contributed by atoms with Crippen LogP contribution in [0.25, 0.3) is 0 Å². The molecule has 1 aromatic carbocycles. The van der Waals surface area contributed by atoms with E-state index in [0.717, 1.165) is 17.7 Å². The van der Waals surface area contributed by atoms with Crippen molar-refractivity contribution in [1.82, 2.24) is 15.3 Å². The van der Waals surface area contributed by atoms with Gasteiger partial charge in [-0.1, -0.05) is 18.2 Å². The molecule has 0 saturated heterocycles. The first-order chi connectivity index (χ1) is 11.0. The van der Waals surface area contributed by atoms with Crippen molar-refractivity contribution < 1.29 is 9.53 Å². The first kappa shape index (κ1) is 15.3. The minimum absolute atomic E-state index is 0.0219. The van der Waals surface area contributed by atoms with Crippen molar-refractivity contribution in [2.75, 3.05) is 6.54 Å². The molecule has 1 amide bonds. The Hall–Kier alpha value is -2.63. The summed E-state index contributed by atoms with van der Waals surface area (Å²) in [5.41, 5.74) is 1.89. The number of nitrogens with one attached hydrogen (secondary N) is 2. The first-order valence-electron chi connectivity index (χ1n) is 7.60. The lowest BCUT2D eigenvalue weighted by molar-refractivity contribution is -0.120. The number of aromatic amines is 1. The van der Waals surface area contributed by atoms with E-state index < -0.39 is 0 Å². The second-order valence-electron chi connectivity index (χ2n) is 5.75. The molecule has 0 saturated carbocycles. The number of ether oxygens (including phenoxy) is 1. The standard InChI is InChI=1S/C17H19N3O3/c1-10-14(17(22)20-11(2)19-10)8-16(21)18-9-13-7-12-5-3-4-6-15(12)23-13/h3-6,13H,7-9H2,1-2H3,(H,18,21)(H,19,20,22). The minimum atomic E-state index is -0.255. The Bertz CT molecular complexity index is 773. The molecule has 120 valence electrons. The molecular formula is C17H19N3O3. The molecule has 3 rings (SSSR count). The Morgan fingerprint density at radius 3 is 2.91 bits per heavy atom. The number of aryl methyl sites for hydroxylation is 2. The van der Waals surface area contributed by atoms with Crippen LogP contribution < -0.4 is 15.6 Å². The van der Waals surface area contributed by atoms with Crippen LogP contribution in [0.4, 0.5) is 0 Å². The molecule has 0 radical (unpaired) electrons. The molecule has 2 heterocycles. The summed E-state index contributed by atoms with van der Waals surface area (Å²) < 4.78 is 5.78. The normalized spacial score (nSPS) is 15.8. The predicted molar refractivity (Wildman–Crippen MR) is 85.6 cm³/mol. The van der Waals surface area contributed by atoms with Crippen LogP contribution in [0.5, 0.6) is 5.75 Å². The number of H-pyrrole nitrogens is 1. The van der Waals surface area contributed by atoms with Gasteiger partial charge in [-0.2, -0.15) is 0 Å². The summed E-state index contributed by atoms with van der Waals surface area (Å²) in [6.07, 6.45) is 0.739. The highest BCUT2D eigenvalue weighted by atomic mass is 16.5. The number of benzene rings is 1. The van der Waals surface area contributed by atoms with Gasteiger partial charge in [0.15, 0.2) is 0 Å². The first-order valence-corrected chi connectivity index (χ1v) is 7.60. The van der Waals surface area contributed by atoms with Crippen LogP contribution in [0.2, 0.25) is 0 Å². The molecule has 1 aliphatic rings. The fourth-order valence-corrected chi connectivity index (χ4v) is 2.78. The van der Waals surface area contributed by atoms with Crippen LogP contribution in [0, 0.1) is 13.8 Å². The fourth-order valence-electron chi connectivity index (χ4n) is 2.78. The molecule has 6 heteroatoms. The number of amides is 1. The van der Waals surface area contributed by atoms with E-state index in [1.54, 1.807) is 13.8 Å². The van der Waals surface area contributed by atoms with Gasteiger partial charge in [0.05, 0.1) is 13.0 Å². The molecule has 23 heavy (non-hydrogen) atoms. The highest BCUT2D eigenvalue weighted by Crippen LogP contribution is 2.27. The van der Waals surface area contributed by atoms with Gasteiger partial charge in [0.1, 0.15) is 17.7 Å². The number of carbonyl (C=O) groups is 1. The van der Waals surface area contributed by atoms with E-state index in [0.29, 0.717) is 23.6 Å². The van der Waals surface area contributed by atoms with Crippen molar-refractivity contribution in [2.45, 2.75) is 32.8 Å². The molecule has 1 unspecified atom stereocenters. The highest BCUT2D eigenvalue weighted by molar-refractivity contribution is 5.78. The zero-order valence-electron chi connectivity index (χ0n) is 13.2. The summed E-state index contributed by atoms with van der Waals surface area (Å²) in [4.78, 5) is 30.8. The van der Waals surface area contributed by atoms with Crippen LogP contribution in [-0.2, 0) is 17.6 Å². The number of hydrogen-bond donors (Lipinski definition) is 2. The molecule has 0 fully saturated rings. The Morgan fingerprint density at radius 2 is 2.17 bits per heavy atom. The van der Waals surface area contributed by atoms with Gasteiger partial charge in [-0.15, -0.1) is 0 Å². The fraction of sp³-hybridized carbons (Fsp3) is 0.353. The van der Waals surface area contributed by atoms with Crippen molar-refractivity contribution in [3.8, 4) is 5.75 Å². The number of fused-ring (bicyclic) bond motifs is 1. The van der Waals surface area contributed by atoms with Crippen LogP contribution >= 0.6 is 0 Å².